The van der Waals surface area contributed by atoms with E-state index in [2.05, 4.69) is 88.0 Å². The van der Waals surface area contributed by atoms with E-state index >= 15 is 0 Å². The van der Waals surface area contributed by atoms with Crippen LogP contribution >= 0.6 is 31.9 Å². The summed E-state index contributed by atoms with van der Waals surface area (Å²) in [5.74, 6) is 0. The first-order valence-corrected chi connectivity index (χ1v) is 16.2. The van der Waals surface area contributed by atoms with E-state index in [9.17, 15) is 9.59 Å². The van der Waals surface area contributed by atoms with Crippen molar-refractivity contribution in [3.05, 3.63) is 136 Å². The fourth-order valence-electron chi connectivity index (χ4n) is 6.11. The maximum atomic E-state index is 11.8. The minimum absolute atomic E-state index is 0.604. The number of rotatable bonds is 4. The first-order chi connectivity index (χ1) is 21.3. The molecule has 0 saturated heterocycles. The number of hydrogen-bond acceptors (Lipinski definition) is 6. The molecule has 8 nitrogen and oxygen atoms in total. The Labute approximate surface area is 272 Å². The van der Waals surface area contributed by atoms with Crippen LogP contribution in [0.3, 0.4) is 0 Å². The van der Waals surface area contributed by atoms with Gasteiger partial charge in [0.1, 0.15) is 0 Å². The molecule has 4 aromatic carbocycles. The monoisotopic (exact) mass is 716 g/mol. The third-order valence-corrected chi connectivity index (χ3v) is 9.79. The SMILES string of the molecule is Nc1cc(Br)c2c(c1N)CN(Cc1ccccc1)CC2.O=c1[nH]c2cc(Br)c3c(c2[nH]c1=O)CN(Cc1ccccc1)CC3. The molecular weight excluding hydrogens is 684 g/mol. The van der Waals surface area contributed by atoms with Crippen LogP contribution in [0.1, 0.15) is 33.4 Å². The fourth-order valence-corrected chi connectivity index (χ4v) is 7.46. The topological polar surface area (TPSA) is 124 Å². The molecule has 0 atom stereocenters. The van der Waals surface area contributed by atoms with Gasteiger partial charge in [0, 0.05) is 48.2 Å². The van der Waals surface area contributed by atoms with Crippen molar-refractivity contribution in [2.75, 3.05) is 24.6 Å². The molecule has 226 valence electrons. The molecule has 0 radical (unpaired) electrons. The molecule has 10 heteroatoms. The third-order valence-electron chi connectivity index (χ3n) is 8.38. The van der Waals surface area contributed by atoms with Crippen molar-refractivity contribution >= 4 is 54.3 Å². The second-order valence-corrected chi connectivity index (χ2v) is 13.1. The Morgan fingerprint density at radius 1 is 0.659 bits per heavy atom. The number of nitrogens with one attached hydrogen (secondary N) is 2. The highest BCUT2D eigenvalue weighted by atomic mass is 79.9. The summed E-state index contributed by atoms with van der Waals surface area (Å²) in [5, 5.41) is 0. The second kappa shape index (κ2) is 13.1. The zero-order valence-corrected chi connectivity index (χ0v) is 27.4. The van der Waals surface area contributed by atoms with E-state index in [1.54, 1.807) is 0 Å². The molecule has 0 amide bonds. The van der Waals surface area contributed by atoms with Crippen LogP contribution in [-0.4, -0.2) is 32.9 Å². The number of halogens is 2. The molecule has 3 heterocycles. The number of nitrogen functional groups attached to an aromatic ring is 2. The van der Waals surface area contributed by atoms with Crippen molar-refractivity contribution in [3.63, 3.8) is 0 Å². The van der Waals surface area contributed by atoms with Gasteiger partial charge in [-0.05, 0) is 58.4 Å². The second-order valence-electron chi connectivity index (χ2n) is 11.4. The lowest BCUT2D eigenvalue weighted by molar-refractivity contribution is 0.246. The number of H-pyrrole nitrogens is 2. The number of benzene rings is 4. The quantitative estimate of drug-likeness (QED) is 0.140. The highest BCUT2D eigenvalue weighted by Gasteiger charge is 2.23. The smallest absolute Gasteiger partial charge is 0.314 e. The Balaban J connectivity index is 0.000000159. The largest absolute Gasteiger partial charge is 0.397 e. The van der Waals surface area contributed by atoms with Crippen molar-refractivity contribution in [2.24, 2.45) is 0 Å². The van der Waals surface area contributed by atoms with Crippen LogP contribution in [0.4, 0.5) is 11.4 Å². The van der Waals surface area contributed by atoms with Gasteiger partial charge in [0.2, 0.25) is 0 Å². The molecule has 2 aliphatic rings. The Morgan fingerprint density at radius 2 is 1.16 bits per heavy atom. The molecular formula is C34H34Br2N6O2. The molecule has 6 N–H and O–H groups in total. The number of anilines is 2. The number of aromatic amines is 2. The van der Waals surface area contributed by atoms with Crippen LogP contribution in [0.15, 0.2) is 91.3 Å². The van der Waals surface area contributed by atoms with Crippen LogP contribution in [0.25, 0.3) is 11.0 Å². The summed E-state index contributed by atoms with van der Waals surface area (Å²) in [5.41, 5.74) is 21.1. The average Bonchev–Trinajstić information content (AvgIpc) is 3.02. The van der Waals surface area contributed by atoms with E-state index in [0.717, 1.165) is 77.8 Å². The van der Waals surface area contributed by atoms with E-state index in [-0.39, 0.29) is 0 Å². The van der Waals surface area contributed by atoms with E-state index in [0.29, 0.717) is 11.2 Å². The van der Waals surface area contributed by atoms with Crippen molar-refractivity contribution in [2.45, 2.75) is 39.0 Å². The Hall–Kier alpha value is -3.70. The Kier molecular flexibility index (Phi) is 9.04. The lowest BCUT2D eigenvalue weighted by atomic mass is 9.96. The summed E-state index contributed by atoms with van der Waals surface area (Å²) >= 11 is 7.20. The van der Waals surface area contributed by atoms with E-state index in [4.69, 9.17) is 11.5 Å². The van der Waals surface area contributed by atoms with Crippen molar-refractivity contribution < 1.29 is 0 Å². The summed E-state index contributed by atoms with van der Waals surface area (Å²) in [7, 11) is 0. The number of aromatic nitrogens is 2. The van der Waals surface area contributed by atoms with Crippen LogP contribution in [0.5, 0.6) is 0 Å². The van der Waals surface area contributed by atoms with Crippen molar-refractivity contribution in [3.8, 4) is 0 Å². The standard InChI is InChI=1S/C18H16BrN3O2.C16H18BrN3/c19-14-8-15-16(21-18(24)17(23)20-15)13-10-22(7-6-12(13)14)9-11-4-2-1-3-5-11;17-14-8-15(18)16(19)13-10-20(7-6-12(13)14)9-11-4-2-1-3-5-11/h1-5,8H,6-7,9-10H2,(H,20,23)(H,21,24);1-5,8H,6-7,9-10,18-19H2. The molecule has 1 aromatic heterocycles. The Bertz CT molecular complexity index is 1930. The molecule has 5 aromatic rings. The van der Waals surface area contributed by atoms with E-state index < -0.39 is 11.1 Å². The summed E-state index contributed by atoms with van der Waals surface area (Å²) in [6.45, 7) is 5.42. The number of fused-ring (bicyclic) bond motifs is 4. The van der Waals surface area contributed by atoms with Crippen molar-refractivity contribution in [1.29, 1.82) is 0 Å². The van der Waals surface area contributed by atoms with Gasteiger partial charge in [-0.2, -0.15) is 0 Å². The number of nitrogens with two attached hydrogens (primary N) is 2. The summed E-state index contributed by atoms with van der Waals surface area (Å²) in [6.07, 6.45) is 1.91. The van der Waals surface area contributed by atoms with Gasteiger partial charge in [-0.3, -0.25) is 19.4 Å². The highest BCUT2D eigenvalue weighted by Crippen LogP contribution is 2.35. The van der Waals surface area contributed by atoms with Crippen LogP contribution in [0, 0.1) is 0 Å². The minimum Gasteiger partial charge on any atom is -0.397 e. The maximum absolute atomic E-state index is 11.8. The van der Waals surface area contributed by atoms with Crippen LogP contribution in [0.2, 0.25) is 0 Å². The molecule has 0 bridgehead atoms. The molecule has 0 aliphatic carbocycles. The summed E-state index contributed by atoms with van der Waals surface area (Å²) in [4.78, 5) is 33.5. The molecule has 2 aliphatic heterocycles. The predicted octanol–water partition coefficient (Wildman–Crippen LogP) is 5.71. The van der Waals surface area contributed by atoms with Gasteiger partial charge in [-0.25, -0.2) is 0 Å². The van der Waals surface area contributed by atoms with Gasteiger partial charge in [0.05, 0.1) is 22.4 Å². The average molecular weight is 718 g/mol. The van der Waals surface area contributed by atoms with Gasteiger partial charge in [-0.1, -0.05) is 92.5 Å². The van der Waals surface area contributed by atoms with Crippen LogP contribution in [-0.2, 0) is 39.0 Å². The van der Waals surface area contributed by atoms with Gasteiger partial charge < -0.3 is 21.4 Å². The normalized spacial score (nSPS) is 14.9. The first kappa shape index (κ1) is 30.3. The van der Waals surface area contributed by atoms with Crippen molar-refractivity contribution in [1.82, 2.24) is 19.8 Å². The fraction of sp³-hybridized carbons (Fsp3) is 0.235. The number of hydrogen-bond donors (Lipinski definition) is 4. The lowest BCUT2D eigenvalue weighted by Gasteiger charge is -2.30. The summed E-state index contributed by atoms with van der Waals surface area (Å²) < 4.78 is 2.06. The zero-order chi connectivity index (χ0) is 30.8. The number of nitrogens with zero attached hydrogens (tertiary/aromatic N) is 2. The van der Waals surface area contributed by atoms with Gasteiger partial charge >= 0.3 is 11.1 Å². The van der Waals surface area contributed by atoms with E-state index in [1.807, 2.05) is 36.4 Å². The van der Waals surface area contributed by atoms with Gasteiger partial charge in [0.15, 0.2) is 0 Å². The van der Waals surface area contributed by atoms with Gasteiger partial charge in [-0.15, -0.1) is 0 Å². The van der Waals surface area contributed by atoms with Crippen LogP contribution < -0.4 is 22.6 Å². The Morgan fingerprint density at radius 3 is 1.75 bits per heavy atom. The highest BCUT2D eigenvalue weighted by molar-refractivity contribution is 9.10. The molecule has 0 unspecified atom stereocenters. The van der Waals surface area contributed by atoms with E-state index in [1.165, 1.54) is 27.8 Å². The molecule has 0 spiro atoms. The molecule has 0 fully saturated rings. The third kappa shape index (κ3) is 6.53. The first-order valence-electron chi connectivity index (χ1n) is 14.6. The predicted molar refractivity (Wildman–Crippen MR) is 184 cm³/mol. The maximum Gasteiger partial charge on any atom is 0.314 e. The molecule has 44 heavy (non-hydrogen) atoms. The lowest BCUT2D eigenvalue weighted by Crippen LogP contribution is -2.33. The molecule has 0 saturated carbocycles. The summed E-state index contributed by atoms with van der Waals surface area (Å²) in [6, 6.07) is 24.7. The van der Waals surface area contributed by atoms with Gasteiger partial charge in [0.25, 0.3) is 0 Å². The molecule has 7 rings (SSSR count). The zero-order valence-electron chi connectivity index (χ0n) is 24.2. The minimum atomic E-state index is -0.619.